The summed E-state index contributed by atoms with van der Waals surface area (Å²) in [4.78, 5) is 10.7. The van der Waals surface area contributed by atoms with Gasteiger partial charge in [0.15, 0.2) is 0 Å². The van der Waals surface area contributed by atoms with Crippen LogP contribution in [0.2, 0.25) is 0 Å². The van der Waals surface area contributed by atoms with Gasteiger partial charge in [-0.15, -0.1) is 0 Å². The number of rotatable bonds is 2. The van der Waals surface area contributed by atoms with Crippen LogP contribution in [-0.2, 0) is 10.1 Å². The van der Waals surface area contributed by atoms with E-state index < -0.39 is 16.1 Å². The van der Waals surface area contributed by atoms with Crippen LogP contribution in [0.15, 0.2) is 41.3 Å². The first-order chi connectivity index (χ1) is 7.89. The molecule has 0 radical (unpaired) electrons. The van der Waals surface area contributed by atoms with Crippen molar-refractivity contribution in [2.45, 2.75) is 4.90 Å². The summed E-state index contributed by atoms with van der Waals surface area (Å²) < 4.78 is 30.8. The van der Waals surface area contributed by atoms with Crippen LogP contribution < -0.4 is 0 Å². The van der Waals surface area contributed by atoms with Crippen molar-refractivity contribution in [3.8, 4) is 0 Å². The van der Waals surface area contributed by atoms with Crippen molar-refractivity contribution in [2.75, 3.05) is 0 Å². The van der Waals surface area contributed by atoms with Crippen LogP contribution in [0.4, 0.5) is 0 Å². The van der Waals surface area contributed by atoms with Crippen LogP contribution in [-0.4, -0.2) is 24.0 Å². The lowest BCUT2D eigenvalue weighted by atomic mass is 10.1. The van der Waals surface area contributed by atoms with Crippen molar-refractivity contribution in [1.82, 2.24) is 0 Å². The summed E-state index contributed by atoms with van der Waals surface area (Å²) >= 11 is 0. The van der Waals surface area contributed by atoms with E-state index in [1.54, 1.807) is 6.07 Å². The van der Waals surface area contributed by atoms with Crippen LogP contribution in [0.25, 0.3) is 10.8 Å². The molecule has 0 fully saturated rings. The summed E-state index contributed by atoms with van der Waals surface area (Å²) in [5.74, 6) is -1.09. The van der Waals surface area contributed by atoms with Gasteiger partial charge in [0.1, 0.15) is 0 Å². The maximum atomic E-state index is 10.9. The fraction of sp³-hybridized carbons (Fsp3) is 0. The lowest BCUT2D eigenvalue weighted by Crippen LogP contribution is -2.00. The highest BCUT2D eigenvalue weighted by Crippen LogP contribution is 2.22. The van der Waals surface area contributed by atoms with Crippen molar-refractivity contribution >= 4 is 26.9 Å². The molecule has 2 aromatic carbocycles. The third-order valence-electron chi connectivity index (χ3n) is 2.38. The van der Waals surface area contributed by atoms with E-state index in [0.29, 0.717) is 10.8 Å². The average molecular weight is 252 g/mol. The molecule has 0 heterocycles. The molecule has 2 aromatic rings. The highest BCUT2D eigenvalue weighted by molar-refractivity contribution is 7.85. The molecule has 0 bridgehead atoms. The zero-order chi connectivity index (χ0) is 12.6. The van der Waals surface area contributed by atoms with Crippen LogP contribution in [0.3, 0.4) is 0 Å². The molecule has 0 unspecified atom stereocenters. The van der Waals surface area contributed by atoms with Crippen molar-refractivity contribution in [2.24, 2.45) is 0 Å². The summed E-state index contributed by atoms with van der Waals surface area (Å²) in [6.07, 6.45) is 0. The summed E-state index contributed by atoms with van der Waals surface area (Å²) in [5, 5.41) is 9.81. The molecule has 0 aliphatic rings. The molecule has 2 N–H and O–H groups in total. The number of benzene rings is 2. The molecule has 0 atom stereocenters. The average Bonchev–Trinajstić information content (AvgIpc) is 2.26. The first-order valence-corrected chi connectivity index (χ1v) is 6.07. The smallest absolute Gasteiger partial charge is 0.336 e. The van der Waals surface area contributed by atoms with Crippen molar-refractivity contribution in [3.05, 3.63) is 42.0 Å². The van der Waals surface area contributed by atoms with Gasteiger partial charge < -0.3 is 5.11 Å². The zero-order valence-corrected chi connectivity index (χ0v) is 9.31. The molecule has 2 rings (SSSR count). The Morgan fingerprint density at radius 3 is 2.41 bits per heavy atom. The second kappa shape index (κ2) is 3.83. The van der Waals surface area contributed by atoms with Gasteiger partial charge in [-0.1, -0.05) is 18.2 Å². The topological polar surface area (TPSA) is 91.7 Å². The largest absolute Gasteiger partial charge is 0.478 e. The molecule has 0 amide bonds. The first-order valence-electron chi connectivity index (χ1n) is 4.63. The maximum Gasteiger partial charge on any atom is 0.336 e. The Bertz CT molecular complexity index is 703. The van der Waals surface area contributed by atoms with Crippen molar-refractivity contribution in [1.29, 1.82) is 0 Å². The predicted molar refractivity (Wildman–Crippen MR) is 60.7 cm³/mol. The van der Waals surface area contributed by atoms with E-state index in [1.165, 1.54) is 30.3 Å². The van der Waals surface area contributed by atoms with E-state index >= 15 is 0 Å². The van der Waals surface area contributed by atoms with Gasteiger partial charge >= 0.3 is 5.97 Å². The van der Waals surface area contributed by atoms with Crippen LogP contribution >= 0.6 is 0 Å². The Morgan fingerprint density at radius 2 is 1.82 bits per heavy atom. The normalized spacial score (nSPS) is 11.6. The van der Waals surface area contributed by atoms with E-state index in [9.17, 15) is 13.2 Å². The molecule has 17 heavy (non-hydrogen) atoms. The minimum atomic E-state index is -4.27. The molecule has 0 saturated heterocycles. The summed E-state index contributed by atoms with van der Waals surface area (Å²) in [6.45, 7) is 0. The number of aromatic carboxylic acids is 1. The number of carboxylic acid groups (broad SMARTS) is 1. The molecule has 0 spiro atoms. The molecule has 6 heteroatoms. The SMILES string of the molecule is O=C(O)c1cccc2cc(S(=O)(=O)O)ccc12. The van der Waals surface area contributed by atoms with Crippen LogP contribution in [0.1, 0.15) is 10.4 Å². The molecular formula is C11H8O5S. The Morgan fingerprint density at radius 1 is 1.12 bits per heavy atom. The summed E-state index contributed by atoms with van der Waals surface area (Å²) in [6, 6.07) is 8.29. The Balaban J connectivity index is 2.78. The molecule has 0 saturated carbocycles. The fourth-order valence-corrected chi connectivity index (χ4v) is 2.12. The van der Waals surface area contributed by atoms with Crippen LogP contribution in [0, 0.1) is 0 Å². The molecule has 0 aliphatic heterocycles. The lowest BCUT2D eigenvalue weighted by Gasteiger charge is -2.03. The number of hydrogen-bond acceptors (Lipinski definition) is 3. The second-order valence-corrected chi connectivity index (χ2v) is 4.89. The van der Waals surface area contributed by atoms with E-state index in [0.717, 1.165) is 0 Å². The first kappa shape index (κ1) is 11.6. The number of carbonyl (C=O) groups is 1. The standard InChI is InChI=1S/C11H8O5S/c12-11(13)10-3-1-2-7-6-8(17(14,15)16)4-5-9(7)10/h1-6H,(H,12,13)(H,14,15,16). The quantitative estimate of drug-likeness (QED) is 0.795. The van der Waals surface area contributed by atoms with Crippen molar-refractivity contribution in [3.63, 3.8) is 0 Å². The fourth-order valence-electron chi connectivity index (χ4n) is 1.61. The number of carboxylic acids is 1. The van der Waals surface area contributed by atoms with Gasteiger partial charge in [-0.25, -0.2) is 4.79 Å². The van der Waals surface area contributed by atoms with Crippen LogP contribution in [0.5, 0.6) is 0 Å². The maximum absolute atomic E-state index is 10.9. The molecule has 5 nitrogen and oxygen atoms in total. The lowest BCUT2D eigenvalue weighted by molar-refractivity contribution is 0.0699. The highest BCUT2D eigenvalue weighted by Gasteiger charge is 2.12. The third kappa shape index (κ3) is 2.13. The van der Waals surface area contributed by atoms with Crippen molar-refractivity contribution < 1.29 is 22.9 Å². The minimum Gasteiger partial charge on any atom is -0.478 e. The Labute approximate surface area is 97.1 Å². The molecular weight excluding hydrogens is 244 g/mol. The highest BCUT2D eigenvalue weighted by atomic mass is 32.2. The predicted octanol–water partition coefficient (Wildman–Crippen LogP) is 1.78. The molecule has 0 aromatic heterocycles. The number of hydrogen-bond donors (Lipinski definition) is 2. The van der Waals surface area contributed by atoms with Gasteiger partial charge in [-0.3, -0.25) is 4.55 Å². The summed E-state index contributed by atoms with van der Waals surface area (Å²) in [7, 11) is -4.27. The Hall–Kier alpha value is -1.92. The van der Waals surface area contributed by atoms with E-state index in [4.69, 9.17) is 9.66 Å². The molecule has 88 valence electrons. The van der Waals surface area contributed by atoms with Gasteiger partial charge in [-0.2, -0.15) is 8.42 Å². The van der Waals surface area contributed by atoms with E-state index in [-0.39, 0.29) is 10.5 Å². The Kier molecular flexibility index (Phi) is 2.60. The second-order valence-electron chi connectivity index (χ2n) is 3.47. The van der Waals surface area contributed by atoms with Gasteiger partial charge in [-0.05, 0) is 29.0 Å². The summed E-state index contributed by atoms with van der Waals surface area (Å²) in [5.41, 5.74) is 0.0874. The molecule has 0 aliphatic carbocycles. The minimum absolute atomic E-state index is 0.0874. The third-order valence-corrected chi connectivity index (χ3v) is 3.23. The van der Waals surface area contributed by atoms with Gasteiger partial charge in [0.05, 0.1) is 10.5 Å². The monoisotopic (exact) mass is 252 g/mol. The number of fused-ring (bicyclic) bond motifs is 1. The zero-order valence-electron chi connectivity index (χ0n) is 8.49. The van der Waals surface area contributed by atoms with E-state index in [2.05, 4.69) is 0 Å². The van der Waals surface area contributed by atoms with E-state index in [1.807, 2.05) is 0 Å². The van der Waals surface area contributed by atoms with Gasteiger partial charge in [0.25, 0.3) is 10.1 Å². The van der Waals surface area contributed by atoms with Gasteiger partial charge in [0.2, 0.25) is 0 Å². The van der Waals surface area contributed by atoms with Gasteiger partial charge in [0, 0.05) is 0 Å².